The predicted octanol–water partition coefficient (Wildman–Crippen LogP) is 5.84. The van der Waals surface area contributed by atoms with Crippen LogP contribution in [0, 0.1) is 11.8 Å². The van der Waals surface area contributed by atoms with E-state index in [0.717, 1.165) is 65.1 Å². The number of nitroso groups, excluding NO2 is 1. The van der Waals surface area contributed by atoms with E-state index in [9.17, 15) is 9.70 Å². The molecule has 3 aliphatic rings. The lowest BCUT2D eigenvalue weighted by Gasteiger charge is -2.39. The molecule has 7 nitrogen and oxygen atoms in total. The minimum Gasteiger partial charge on any atom is -0.456 e. The Bertz CT molecular complexity index is 1380. The number of nitrogens with zero attached hydrogens (tertiary/aromatic N) is 3. The lowest BCUT2D eigenvalue weighted by molar-refractivity contribution is 0.0224. The molecule has 0 saturated carbocycles. The highest BCUT2D eigenvalue weighted by Crippen LogP contribution is 2.58. The molecule has 7 heteroatoms. The van der Waals surface area contributed by atoms with Crippen LogP contribution >= 0.6 is 0 Å². The third kappa shape index (κ3) is 2.93. The molecule has 1 spiro atoms. The second kappa shape index (κ2) is 7.83. The Hall–Kier alpha value is -3.87. The second-order valence-corrected chi connectivity index (χ2v) is 9.31. The van der Waals surface area contributed by atoms with Crippen LogP contribution in [0.1, 0.15) is 58.4 Å². The van der Waals surface area contributed by atoms with Gasteiger partial charge in [0, 0.05) is 54.1 Å². The average Bonchev–Trinajstić information content (AvgIpc) is 3.17. The number of hydrogen-bond donors (Lipinski definition) is 0. The summed E-state index contributed by atoms with van der Waals surface area (Å²) in [4.78, 5) is 27.0. The number of esters is 1. The highest BCUT2D eigenvalue weighted by molar-refractivity contribution is 5.97. The molecule has 3 heterocycles. The van der Waals surface area contributed by atoms with E-state index in [4.69, 9.17) is 9.47 Å². The van der Waals surface area contributed by atoms with Crippen LogP contribution in [0.4, 0.5) is 11.4 Å². The number of hydrogen-bond acceptors (Lipinski definition) is 6. The molecular formula is C28H27N3O4. The zero-order valence-electron chi connectivity index (χ0n) is 20.1. The lowest BCUT2D eigenvalue weighted by Crippen LogP contribution is -2.34. The van der Waals surface area contributed by atoms with Gasteiger partial charge >= 0.3 is 5.97 Å². The number of fused-ring (bicyclic) bond motifs is 7. The van der Waals surface area contributed by atoms with E-state index in [1.165, 1.54) is 5.01 Å². The van der Waals surface area contributed by atoms with E-state index in [1.54, 1.807) is 0 Å². The van der Waals surface area contributed by atoms with E-state index in [2.05, 4.69) is 37.0 Å². The minimum atomic E-state index is -1.12. The van der Waals surface area contributed by atoms with Crippen molar-refractivity contribution in [3.8, 4) is 11.5 Å². The third-order valence-electron chi connectivity index (χ3n) is 7.53. The first-order valence-electron chi connectivity index (χ1n) is 12.2. The summed E-state index contributed by atoms with van der Waals surface area (Å²) in [5, 5.41) is 4.71. The summed E-state index contributed by atoms with van der Waals surface area (Å²) < 4.78 is 12.9. The summed E-state index contributed by atoms with van der Waals surface area (Å²) in [7, 11) is 0. The van der Waals surface area contributed by atoms with Crippen LogP contribution in [0.3, 0.4) is 0 Å². The maximum Gasteiger partial charge on any atom is 0.340 e. The topological polar surface area (TPSA) is 71.4 Å². The minimum absolute atomic E-state index is 0.348. The molecule has 0 saturated heterocycles. The number of carbonyl (C=O) groups is 1. The summed E-state index contributed by atoms with van der Waals surface area (Å²) in [5.41, 5.74) is 5.78. The SMILES string of the molecule is CCN(CC)c1cc2c(cc1C)C1(OC(=O)c3ccccc31)c1cc3c(cc1O2)N(N=O)CCC3. The molecule has 0 amide bonds. The average molecular weight is 470 g/mol. The highest BCUT2D eigenvalue weighted by Gasteiger charge is 2.54. The van der Waals surface area contributed by atoms with Crippen molar-refractivity contribution in [2.75, 3.05) is 29.5 Å². The Kier molecular flexibility index (Phi) is 4.85. The Labute approximate surface area is 204 Å². The van der Waals surface area contributed by atoms with Crippen molar-refractivity contribution >= 4 is 17.3 Å². The molecule has 3 aliphatic heterocycles. The molecule has 3 aromatic rings. The third-order valence-corrected chi connectivity index (χ3v) is 7.53. The van der Waals surface area contributed by atoms with Crippen LogP contribution in [0.2, 0.25) is 0 Å². The van der Waals surface area contributed by atoms with Gasteiger partial charge in [0.1, 0.15) is 11.5 Å². The zero-order valence-corrected chi connectivity index (χ0v) is 20.1. The standard InChI is InChI=1S/C28H27N3O4/c1-4-30(5-2)23-15-25-21(13-17(23)3)28(20-11-7-6-10-19(20)27(32)35-28)22-14-18-9-8-12-31(29-33)24(18)16-26(22)34-25/h6-7,10-11,13-16H,4-5,8-9,12H2,1-3H3. The summed E-state index contributed by atoms with van der Waals surface area (Å²) >= 11 is 0. The van der Waals surface area contributed by atoms with Gasteiger partial charge in [0.15, 0.2) is 5.60 Å². The van der Waals surface area contributed by atoms with Crippen LogP contribution in [0.5, 0.6) is 11.5 Å². The van der Waals surface area contributed by atoms with Crippen molar-refractivity contribution in [3.63, 3.8) is 0 Å². The van der Waals surface area contributed by atoms with E-state index >= 15 is 0 Å². The molecule has 0 fully saturated rings. The molecule has 0 N–H and O–H groups in total. The van der Waals surface area contributed by atoms with Gasteiger partial charge in [-0.15, -0.1) is 4.91 Å². The summed E-state index contributed by atoms with van der Waals surface area (Å²) in [5.74, 6) is 0.875. The Morgan fingerprint density at radius 3 is 2.54 bits per heavy atom. The largest absolute Gasteiger partial charge is 0.456 e. The maximum absolute atomic E-state index is 13.2. The normalized spacial score (nSPS) is 19.3. The molecule has 35 heavy (non-hydrogen) atoms. The van der Waals surface area contributed by atoms with Gasteiger partial charge in [-0.3, -0.25) is 0 Å². The Morgan fingerprint density at radius 1 is 1.03 bits per heavy atom. The summed E-state index contributed by atoms with van der Waals surface area (Å²) in [6.07, 6.45) is 1.64. The first-order chi connectivity index (χ1) is 17.0. The van der Waals surface area contributed by atoms with Gasteiger partial charge < -0.3 is 14.4 Å². The summed E-state index contributed by atoms with van der Waals surface area (Å²) in [6, 6.07) is 15.6. The van der Waals surface area contributed by atoms with Gasteiger partial charge in [-0.2, -0.15) is 0 Å². The molecule has 6 rings (SSSR count). The monoisotopic (exact) mass is 469 g/mol. The van der Waals surface area contributed by atoms with Crippen molar-refractivity contribution in [1.82, 2.24) is 0 Å². The zero-order chi connectivity index (χ0) is 24.3. The van der Waals surface area contributed by atoms with Crippen LogP contribution in [0.15, 0.2) is 53.8 Å². The van der Waals surface area contributed by atoms with Crippen molar-refractivity contribution in [2.24, 2.45) is 5.29 Å². The molecule has 3 aromatic carbocycles. The number of benzene rings is 3. The van der Waals surface area contributed by atoms with Gasteiger partial charge in [-0.25, -0.2) is 9.80 Å². The van der Waals surface area contributed by atoms with Crippen LogP contribution < -0.4 is 14.6 Å². The maximum atomic E-state index is 13.2. The number of carbonyl (C=O) groups excluding carboxylic acids is 1. The highest BCUT2D eigenvalue weighted by atomic mass is 16.6. The second-order valence-electron chi connectivity index (χ2n) is 9.31. The molecule has 0 radical (unpaired) electrons. The molecule has 0 bridgehead atoms. The van der Waals surface area contributed by atoms with E-state index < -0.39 is 5.60 Å². The number of anilines is 2. The van der Waals surface area contributed by atoms with Crippen molar-refractivity contribution < 1.29 is 14.3 Å². The van der Waals surface area contributed by atoms with Crippen LogP contribution in [-0.2, 0) is 16.8 Å². The predicted molar refractivity (Wildman–Crippen MR) is 134 cm³/mol. The molecule has 1 atom stereocenters. The van der Waals surface area contributed by atoms with E-state index in [0.29, 0.717) is 23.6 Å². The Balaban J connectivity index is 1.66. The van der Waals surface area contributed by atoms with Crippen molar-refractivity contribution in [1.29, 1.82) is 0 Å². The van der Waals surface area contributed by atoms with Crippen LogP contribution in [0.25, 0.3) is 0 Å². The fourth-order valence-electron chi connectivity index (χ4n) is 5.86. The fourth-order valence-corrected chi connectivity index (χ4v) is 5.86. The molecular weight excluding hydrogens is 442 g/mol. The van der Waals surface area contributed by atoms with Gasteiger partial charge in [-0.1, -0.05) is 18.2 Å². The first-order valence-corrected chi connectivity index (χ1v) is 12.2. The first kappa shape index (κ1) is 21.6. The van der Waals surface area contributed by atoms with E-state index in [1.807, 2.05) is 42.5 Å². The number of aryl methyl sites for hydroxylation is 2. The lowest BCUT2D eigenvalue weighted by atomic mass is 9.76. The fraction of sp³-hybridized carbons (Fsp3) is 0.321. The number of rotatable bonds is 4. The van der Waals surface area contributed by atoms with E-state index in [-0.39, 0.29) is 5.97 Å². The van der Waals surface area contributed by atoms with Gasteiger partial charge in [-0.05, 0) is 62.9 Å². The molecule has 1 unspecified atom stereocenters. The van der Waals surface area contributed by atoms with Gasteiger partial charge in [0.2, 0.25) is 0 Å². The molecule has 178 valence electrons. The Morgan fingerprint density at radius 2 is 1.77 bits per heavy atom. The van der Waals surface area contributed by atoms with Crippen LogP contribution in [-0.4, -0.2) is 25.6 Å². The summed E-state index contributed by atoms with van der Waals surface area (Å²) in [6.45, 7) is 8.64. The quantitative estimate of drug-likeness (QED) is 0.353. The van der Waals surface area contributed by atoms with Gasteiger partial charge in [0.05, 0.1) is 16.5 Å². The van der Waals surface area contributed by atoms with Crippen molar-refractivity contribution in [3.05, 3.63) is 86.8 Å². The smallest absolute Gasteiger partial charge is 0.340 e. The molecule has 0 aliphatic carbocycles. The molecule has 0 aromatic heterocycles. The van der Waals surface area contributed by atoms with Crippen molar-refractivity contribution in [2.45, 2.75) is 39.2 Å². The van der Waals surface area contributed by atoms with Gasteiger partial charge in [0.25, 0.3) is 0 Å². The number of ether oxygens (including phenoxy) is 2.